The number of hydrogen-bond donors (Lipinski definition) is 3. The summed E-state index contributed by atoms with van der Waals surface area (Å²) in [6.07, 6.45) is 5.27. The van der Waals surface area contributed by atoms with Gasteiger partial charge < -0.3 is 16.0 Å². The highest BCUT2D eigenvalue weighted by Gasteiger charge is 2.62. The molecule has 2 amide bonds. The molecule has 0 bridgehead atoms. The zero-order valence-corrected chi connectivity index (χ0v) is 23.2. The molecule has 0 aromatic heterocycles. The van der Waals surface area contributed by atoms with Crippen LogP contribution < -0.4 is 16.0 Å². The smallest absolute Gasteiger partial charge is 0.251 e. The number of benzene rings is 2. The number of carbonyl (C=O) groups excluding carboxylic acids is 3. The van der Waals surface area contributed by atoms with E-state index in [4.69, 9.17) is 0 Å². The lowest BCUT2D eigenvalue weighted by molar-refractivity contribution is -0.133. The minimum absolute atomic E-state index is 0.00479. The second-order valence-electron chi connectivity index (χ2n) is 12.1. The van der Waals surface area contributed by atoms with Crippen LogP contribution in [0.2, 0.25) is 0 Å². The van der Waals surface area contributed by atoms with E-state index in [-0.39, 0.29) is 40.9 Å². The van der Waals surface area contributed by atoms with Crippen molar-refractivity contribution in [2.45, 2.75) is 71.0 Å². The summed E-state index contributed by atoms with van der Waals surface area (Å²) in [5.74, 6) is 0.0802. The van der Waals surface area contributed by atoms with Gasteiger partial charge in [0.2, 0.25) is 5.91 Å². The van der Waals surface area contributed by atoms with Crippen LogP contribution >= 0.6 is 0 Å². The molecule has 2 aliphatic carbocycles. The van der Waals surface area contributed by atoms with E-state index < -0.39 is 6.04 Å². The van der Waals surface area contributed by atoms with Gasteiger partial charge >= 0.3 is 0 Å². The van der Waals surface area contributed by atoms with Crippen LogP contribution in [-0.4, -0.2) is 54.2 Å². The maximum absolute atomic E-state index is 13.8. The fraction of sp³-hybridized carbons (Fsp3) is 0.531. The van der Waals surface area contributed by atoms with Gasteiger partial charge in [-0.2, -0.15) is 0 Å². The van der Waals surface area contributed by atoms with E-state index in [0.29, 0.717) is 25.1 Å². The first-order valence-corrected chi connectivity index (χ1v) is 14.6. The number of nitrogens with zero attached hydrogens (tertiary/aromatic N) is 1. The second kappa shape index (κ2) is 11.9. The average molecular weight is 531 g/mol. The number of anilines is 1. The van der Waals surface area contributed by atoms with Gasteiger partial charge in [0.15, 0.2) is 5.78 Å². The fourth-order valence-electron chi connectivity index (χ4n) is 6.64. The van der Waals surface area contributed by atoms with Crippen LogP contribution in [0.5, 0.6) is 0 Å². The standard InChI is InChI=1S/C32H42N4O3/c1-22(2)18-27(28(37)21-36-17-16-33-26-14-7-6-12-24(26)20-36)34-31(39)25-13-8-9-15-32(25)19-29(32)35-30(38)23-10-4-3-5-11-23/h3-7,10-12,14,22,25,27,29,33H,8-9,13,15-21H2,1-2H3,(H,34,39)(H,35,38). The van der Waals surface area contributed by atoms with E-state index in [1.54, 1.807) is 0 Å². The molecule has 0 saturated heterocycles. The van der Waals surface area contributed by atoms with Gasteiger partial charge in [0, 0.05) is 48.3 Å². The van der Waals surface area contributed by atoms with Crippen LogP contribution in [0.3, 0.4) is 0 Å². The number of para-hydroxylation sites is 1. The van der Waals surface area contributed by atoms with E-state index in [1.807, 2.05) is 42.5 Å². The molecule has 1 heterocycles. The normalized spacial score (nSPS) is 25.2. The summed E-state index contributed by atoms with van der Waals surface area (Å²) in [5.41, 5.74) is 2.76. The number of fused-ring (bicyclic) bond motifs is 1. The van der Waals surface area contributed by atoms with Crippen LogP contribution in [0, 0.1) is 17.3 Å². The van der Waals surface area contributed by atoms with Crippen molar-refractivity contribution in [3.8, 4) is 0 Å². The third-order valence-electron chi connectivity index (χ3n) is 8.80. The molecule has 5 rings (SSSR count). The molecule has 208 valence electrons. The maximum atomic E-state index is 13.8. The molecule has 2 aromatic carbocycles. The van der Waals surface area contributed by atoms with Crippen LogP contribution in [0.25, 0.3) is 0 Å². The maximum Gasteiger partial charge on any atom is 0.251 e. The minimum Gasteiger partial charge on any atom is -0.383 e. The fourth-order valence-corrected chi connectivity index (χ4v) is 6.64. The first-order valence-electron chi connectivity index (χ1n) is 14.6. The van der Waals surface area contributed by atoms with E-state index in [2.05, 4.69) is 46.8 Å². The summed E-state index contributed by atoms with van der Waals surface area (Å²) in [4.78, 5) is 42.4. The molecule has 1 spiro atoms. The molecule has 0 radical (unpaired) electrons. The second-order valence-corrected chi connectivity index (χ2v) is 12.1. The number of rotatable bonds is 9. The van der Waals surface area contributed by atoms with Crippen molar-refractivity contribution in [2.24, 2.45) is 17.3 Å². The van der Waals surface area contributed by atoms with Gasteiger partial charge in [-0.25, -0.2) is 0 Å². The summed E-state index contributed by atoms with van der Waals surface area (Å²) in [6.45, 7) is 6.78. The van der Waals surface area contributed by atoms with Gasteiger partial charge in [0.1, 0.15) is 0 Å². The molecule has 39 heavy (non-hydrogen) atoms. The van der Waals surface area contributed by atoms with Gasteiger partial charge in [-0.3, -0.25) is 19.3 Å². The van der Waals surface area contributed by atoms with Crippen molar-refractivity contribution >= 4 is 23.3 Å². The first kappa shape index (κ1) is 27.4. The Balaban J connectivity index is 1.23. The Hall–Kier alpha value is -3.19. The Morgan fingerprint density at radius 3 is 2.62 bits per heavy atom. The molecular formula is C32H42N4O3. The van der Waals surface area contributed by atoms with Crippen LogP contribution in [0.4, 0.5) is 5.69 Å². The molecule has 4 unspecified atom stereocenters. The van der Waals surface area contributed by atoms with Crippen LogP contribution in [-0.2, 0) is 16.1 Å². The zero-order chi connectivity index (χ0) is 27.4. The molecular weight excluding hydrogens is 488 g/mol. The molecule has 7 nitrogen and oxygen atoms in total. The molecule has 2 saturated carbocycles. The molecule has 2 aromatic rings. The monoisotopic (exact) mass is 530 g/mol. The van der Waals surface area contributed by atoms with E-state index >= 15 is 0 Å². The van der Waals surface area contributed by atoms with E-state index in [0.717, 1.165) is 50.9 Å². The SMILES string of the molecule is CC(C)CC(NC(=O)C1CCCCC12CC2NC(=O)c1ccccc1)C(=O)CN1CCNc2ccccc2C1. The van der Waals surface area contributed by atoms with Gasteiger partial charge in [-0.05, 0) is 55.4 Å². The summed E-state index contributed by atoms with van der Waals surface area (Å²) < 4.78 is 0. The summed E-state index contributed by atoms with van der Waals surface area (Å²) in [6, 6.07) is 17.0. The average Bonchev–Trinajstić information content (AvgIpc) is 3.64. The third kappa shape index (κ3) is 6.35. The van der Waals surface area contributed by atoms with Crippen LogP contribution in [0.1, 0.15) is 68.3 Å². The number of amides is 2. The van der Waals surface area contributed by atoms with E-state index in [9.17, 15) is 14.4 Å². The largest absolute Gasteiger partial charge is 0.383 e. The number of Topliss-reactive ketones (excluding diaryl/α,β-unsaturated/α-hetero) is 1. The quantitative estimate of drug-likeness (QED) is 0.447. The molecule has 3 N–H and O–H groups in total. The lowest BCUT2D eigenvalue weighted by atomic mass is 9.75. The molecule has 2 fully saturated rings. The molecule has 3 aliphatic rings. The summed E-state index contributed by atoms with van der Waals surface area (Å²) in [7, 11) is 0. The Labute approximate surface area is 232 Å². The lowest BCUT2D eigenvalue weighted by Crippen LogP contribution is -2.50. The van der Waals surface area contributed by atoms with Crippen molar-refractivity contribution in [3.63, 3.8) is 0 Å². The highest BCUT2D eigenvalue weighted by molar-refractivity contribution is 5.95. The highest BCUT2D eigenvalue weighted by atomic mass is 16.2. The van der Waals surface area contributed by atoms with E-state index in [1.165, 1.54) is 5.56 Å². The molecule has 7 heteroatoms. The molecule has 4 atom stereocenters. The van der Waals surface area contributed by atoms with Crippen molar-refractivity contribution in [2.75, 3.05) is 25.0 Å². The van der Waals surface area contributed by atoms with Crippen molar-refractivity contribution in [1.29, 1.82) is 0 Å². The Morgan fingerprint density at radius 2 is 1.82 bits per heavy atom. The predicted molar refractivity (Wildman–Crippen MR) is 153 cm³/mol. The zero-order valence-electron chi connectivity index (χ0n) is 23.2. The molecule has 1 aliphatic heterocycles. The number of nitrogens with one attached hydrogen (secondary N) is 3. The van der Waals surface area contributed by atoms with Crippen molar-refractivity contribution < 1.29 is 14.4 Å². The lowest BCUT2D eigenvalue weighted by Gasteiger charge is -2.33. The van der Waals surface area contributed by atoms with Crippen molar-refractivity contribution in [1.82, 2.24) is 15.5 Å². The topological polar surface area (TPSA) is 90.5 Å². The van der Waals surface area contributed by atoms with Gasteiger partial charge in [-0.1, -0.05) is 63.1 Å². The van der Waals surface area contributed by atoms with Crippen LogP contribution in [0.15, 0.2) is 54.6 Å². The van der Waals surface area contributed by atoms with Crippen molar-refractivity contribution in [3.05, 3.63) is 65.7 Å². The van der Waals surface area contributed by atoms with Gasteiger partial charge in [0.25, 0.3) is 5.91 Å². The Morgan fingerprint density at radius 1 is 1.05 bits per heavy atom. The number of ketones is 1. The van der Waals surface area contributed by atoms with Gasteiger partial charge in [0.05, 0.1) is 12.6 Å². The number of carbonyl (C=O) groups is 3. The Kier molecular flexibility index (Phi) is 8.36. The predicted octanol–water partition coefficient (Wildman–Crippen LogP) is 4.39. The Bertz CT molecular complexity index is 1180. The third-order valence-corrected chi connectivity index (χ3v) is 8.80. The highest BCUT2D eigenvalue weighted by Crippen LogP contribution is 2.59. The number of hydrogen-bond acceptors (Lipinski definition) is 5. The minimum atomic E-state index is -0.501. The summed E-state index contributed by atoms with van der Waals surface area (Å²) >= 11 is 0. The first-order chi connectivity index (χ1) is 18.9. The van der Waals surface area contributed by atoms with Gasteiger partial charge in [-0.15, -0.1) is 0 Å². The summed E-state index contributed by atoms with van der Waals surface area (Å²) in [5, 5.41) is 9.85.